The lowest BCUT2D eigenvalue weighted by Crippen LogP contribution is -2.36. The molecule has 0 aliphatic carbocycles. The summed E-state index contributed by atoms with van der Waals surface area (Å²) in [6.45, 7) is 3.70. The van der Waals surface area contributed by atoms with Gasteiger partial charge in [0.25, 0.3) is 0 Å². The molecule has 9 heteroatoms. The summed E-state index contributed by atoms with van der Waals surface area (Å²) in [5, 5.41) is 6.45. The largest absolute Gasteiger partial charge is 0.497 e. The van der Waals surface area contributed by atoms with E-state index < -0.39 is 10.0 Å². The zero-order chi connectivity index (χ0) is 19.7. The van der Waals surface area contributed by atoms with Gasteiger partial charge in [-0.2, -0.15) is 0 Å². The number of ether oxygens (including phenoxy) is 1. The first-order chi connectivity index (χ1) is 13.0. The first-order valence-electron chi connectivity index (χ1n) is 8.66. The first-order valence-corrected chi connectivity index (χ1v) is 10.1. The molecular formula is C19H27IN4O3S. The van der Waals surface area contributed by atoms with E-state index in [2.05, 4.69) is 20.3 Å². The summed E-state index contributed by atoms with van der Waals surface area (Å²) in [5.74, 6) is 1.48. The number of hydrogen-bond donors (Lipinski definition) is 3. The van der Waals surface area contributed by atoms with E-state index in [0.29, 0.717) is 19.0 Å². The number of methoxy groups -OCH3 is 1. The lowest BCUT2D eigenvalue weighted by Gasteiger charge is -2.12. The lowest BCUT2D eigenvalue weighted by molar-refractivity contribution is 0.414. The van der Waals surface area contributed by atoms with E-state index in [4.69, 9.17) is 4.74 Å². The fraction of sp³-hybridized carbons (Fsp3) is 0.316. The quantitative estimate of drug-likeness (QED) is 0.284. The Morgan fingerprint density at radius 3 is 2.39 bits per heavy atom. The number of halogens is 1. The third-order valence-electron chi connectivity index (χ3n) is 3.86. The zero-order valence-electron chi connectivity index (χ0n) is 16.2. The van der Waals surface area contributed by atoms with Gasteiger partial charge in [-0.1, -0.05) is 24.3 Å². The fourth-order valence-electron chi connectivity index (χ4n) is 2.37. The molecule has 0 amide bonds. The molecular weight excluding hydrogens is 491 g/mol. The Kier molecular flexibility index (Phi) is 10.3. The molecule has 0 radical (unpaired) electrons. The summed E-state index contributed by atoms with van der Waals surface area (Å²) in [7, 11) is -0.427. The Balaban J connectivity index is 0.00000392. The summed E-state index contributed by atoms with van der Waals surface area (Å²) in [4.78, 5) is 4.77. The maximum Gasteiger partial charge on any atom is 0.240 e. The molecule has 0 aliphatic rings. The van der Waals surface area contributed by atoms with Crippen LogP contribution in [-0.4, -0.2) is 35.1 Å². The highest BCUT2D eigenvalue weighted by atomic mass is 127. The molecule has 2 rings (SSSR count). The number of nitrogens with one attached hydrogen (secondary N) is 3. The maximum absolute atomic E-state index is 11.9. The van der Waals surface area contributed by atoms with Crippen molar-refractivity contribution in [3.63, 3.8) is 0 Å². The van der Waals surface area contributed by atoms with Crippen LogP contribution in [0.4, 0.5) is 0 Å². The van der Waals surface area contributed by atoms with Crippen LogP contribution < -0.4 is 20.1 Å². The number of aliphatic imine (C=N–C) groups is 1. The Labute approximate surface area is 184 Å². The van der Waals surface area contributed by atoms with Gasteiger partial charge >= 0.3 is 0 Å². The molecule has 0 saturated carbocycles. The molecule has 0 heterocycles. The van der Waals surface area contributed by atoms with E-state index in [-0.39, 0.29) is 28.9 Å². The van der Waals surface area contributed by atoms with E-state index in [9.17, 15) is 8.42 Å². The summed E-state index contributed by atoms with van der Waals surface area (Å²) in [6, 6.07) is 14.6. The van der Waals surface area contributed by atoms with Gasteiger partial charge in [-0.3, -0.25) is 0 Å². The van der Waals surface area contributed by atoms with Crippen LogP contribution in [0.2, 0.25) is 0 Å². The second-order valence-electron chi connectivity index (χ2n) is 5.75. The minimum atomic E-state index is -3.46. The standard InChI is InChI=1S/C19H26N4O3S.HI/c1-4-21-19(22-13-15-8-10-17(26-3)11-9-15)23-14-16-6-5-7-18(12-16)27(24,25)20-2;/h5-12,20H,4,13-14H2,1-3H3,(H2,21,22,23);1H. The van der Waals surface area contributed by atoms with Gasteiger partial charge in [0.15, 0.2) is 5.96 Å². The first kappa shape index (κ1) is 24.2. The summed E-state index contributed by atoms with van der Waals surface area (Å²) in [6.07, 6.45) is 0. The highest BCUT2D eigenvalue weighted by Gasteiger charge is 2.11. The molecule has 28 heavy (non-hydrogen) atoms. The van der Waals surface area contributed by atoms with Gasteiger partial charge in [-0.15, -0.1) is 24.0 Å². The molecule has 0 unspecified atom stereocenters. The number of hydrogen-bond acceptors (Lipinski definition) is 4. The Morgan fingerprint density at radius 1 is 1.07 bits per heavy atom. The van der Waals surface area contributed by atoms with Gasteiger partial charge in [-0.05, 0) is 49.4 Å². The third kappa shape index (κ3) is 7.28. The molecule has 154 valence electrons. The summed E-state index contributed by atoms with van der Waals surface area (Å²) in [5.41, 5.74) is 1.91. The lowest BCUT2D eigenvalue weighted by atomic mass is 10.2. The molecule has 3 N–H and O–H groups in total. The minimum absolute atomic E-state index is 0. The molecule has 0 spiro atoms. The van der Waals surface area contributed by atoms with Crippen LogP contribution in [0.15, 0.2) is 58.4 Å². The van der Waals surface area contributed by atoms with Gasteiger partial charge in [0.1, 0.15) is 5.75 Å². The van der Waals surface area contributed by atoms with Crippen LogP contribution in [0, 0.1) is 0 Å². The average molecular weight is 518 g/mol. The second kappa shape index (κ2) is 11.9. The molecule has 2 aromatic carbocycles. The number of nitrogens with zero attached hydrogens (tertiary/aromatic N) is 1. The SMILES string of the molecule is CCNC(=NCc1cccc(S(=O)(=O)NC)c1)NCc1ccc(OC)cc1.I. The van der Waals surface area contributed by atoms with Crippen molar-refractivity contribution in [2.24, 2.45) is 4.99 Å². The zero-order valence-corrected chi connectivity index (χ0v) is 19.4. The van der Waals surface area contributed by atoms with E-state index in [1.54, 1.807) is 25.3 Å². The molecule has 0 aromatic heterocycles. The highest BCUT2D eigenvalue weighted by molar-refractivity contribution is 14.0. The molecule has 2 aromatic rings. The van der Waals surface area contributed by atoms with Crippen molar-refractivity contribution in [3.8, 4) is 5.75 Å². The molecule has 7 nitrogen and oxygen atoms in total. The average Bonchev–Trinajstić information content (AvgIpc) is 2.70. The van der Waals surface area contributed by atoms with E-state index in [0.717, 1.165) is 23.4 Å². The van der Waals surface area contributed by atoms with Gasteiger partial charge in [0.2, 0.25) is 10.0 Å². The van der Waals surface area contributed by atoms with Gasteiger partial charge < -0.3 is 15.4 Å². The normalized spacial score (nSPS) is 11.5. The van der Waals surface area contributed by atoms with Crippen molar-refractivity contribution in [2.75, 3.05) is 20.7 Å². The molecule has 0 saturated heterocycles. The number of benzene rings is 2. The highest BCUT2D eigenvalue weighted by Crippen LogP contribution is 2.12. The number of rotatable bonds is 8. The van der Waals surface area contributed by atoms with Crippen LogP contribution in [-0.2, 0) is 23.1 Å². The van der Waals surface area contributed by atoms with Crippen LogP contribution >= 0.6 is 24.0 Å². The van der Waals surface area contributed by atoms with Crippen molar-refractivity contribution < 1.29 is 13.2 Å². The van der Waals surface area contributed by atoms with Crippen LogP contribution in [0.25, 0.3) is 0 Å². The third-order valence-corrected chi connectivity index (χ3v) is 5.27. The van der Waals surface area contributed by atoms with Crippen LogP contribution in [0.5, 0.6) is 5.75 Å². The van der Waals surface area contributed by atoms with Crippen LogP contribution in [0.3, 0.4) is 0 Å². The van der Waals surface area contributed by atoms with Crippen molar-refractivity contribution in [2.45, 2.75) is 24.9 Å². The monoisotopic (exact) mass is 518 g/mol. The van der Waals surface area contributed by atoms with Gasteiger partial charge in [0.05, 0.1) is 18.6 Å². The molecule has 0 atom stereocenters. The van der Waals surface area contributed by atoms with E-state index >= 15 is 0 Å². The van der Waals surface area contributed by atoms with Crippen molar-refractivity contribution in [1.82, 2.24) is 15.4 Å². The maximum atomic E-state index is 11.9. The van der Waals surface area contributed by atoms with Crippen molar-refractivity contribution in [1.29, 1.82) is 0 Å². The summed E-state index contributed by atoms with van der Waals surface area (Å²) < 4.78 is 31.3. The van der Waals surface area contributed by atoms with E-state index in [1.807, 2.05) is 37.3 Å². The number of sulfonamides is 1. The second-order valence-corrected chi connectivity index (χ2v) is 7.64. The minimum Gasteiger partial charge on any atom is -0.497 e. The Morgan fingerprint density at radius 2 is 1.79 bits per heavy atom. The van der Waals surface area contributed by atoms with Crippen molar-refractivity contribution >= 4 is 40.0 Å². The molecule has 0 aliphatic heterocycles. The van der Waals surface area contributed by atoms with Crippen molar-refractivity contribution in [3.05, 3.63) is 59.7 Å². The predicted octanol–water partition coefficient (Wildman–Crippen LogP) is 2.48. The Bertz CT molecular complexity index is 871. The topological polar surface area (TPSA) is 91.8 Å². The van der Waals surface area contributed by atoms with Crippen LogP contribution in [0.1, 0.15) is 18.1 Å². The molecule has 0 fully saturated rings. The smallest absolute Gasteiger partial charge is 0.240 e. The van der Waals surface area contributed by atoms with Gasteiger partial charge in [0, 0.05) is 13.1 Å². The Hall–Kier alpha value is -1.85. The molecule has 0 bridgehead atoms. The number of guanidine groups is 1. The predicted molar refractivity (Wildman–Crippen MR) is 123 cm³/mol. The van der Waals surface area contributed by atoms with Gasteiger partial charge in [-0.25, -0.2) is 18.1 Å². The summed E-state index contributed by atoms with van der Waals surface area (Å²) >= 11 is 0. The fourth-order valence-corrected chi connectivity index (χ4v) is 3.17. The van der Waals surface area contributed by atoms with E-state index in [1.165, 1.54) is 7.05 Å².